The summed E-state index contributed by atoms with van der Waals surface area (Å²) in [6, 6.07) is 3.15. The summed E-state index contributed by atoms with van der Waals surface area (Å²) in [7, 11) is 1.51. The molecule has 2 atom stereocenters. The van der Waals surface area contributed by atoms with Crippen LogP contribution in [0.5, 0.6) is 0 Å². The third-order valence-electron chi connectivity index (χ3n) is 3.76. The van der Waals surface area contributed by atoms with Gasteiger partial charge in [-0.1, -0.05) is 0 Å². The predicted octanol–water partition coefficient (Wildman–Crippen LogP) is 2.05. The van der Waals surface area contributed by atoms with Crippen LogP contribution in [0.25, 0.3) is 11.2 Å². The molecule has 3 heterocycles. The number of hydrogen-bond acceptors (Lipinski definition) is 4. The lowest BCUT2D eigenvalue weighted by Gasteiger charge is -2.29. The number of rotatable bonds is 2. The van der Waals surface area contributed by atoms with E-state index in [1.807, 2.05) is 6.07 Å². The molecule has 0 aliphatic carbocycles. The zero-order valence-corrected chi connectivity index (χ0v) is 12.5. The highest BCUT2D eigenvalue weighted by molar-refractivity contribution is 6.20. The Kier molecular flexibility index (Phi) is 3.41. The van der Waals surface area contributed by atoms with Gasteiger partial charge in [0.15, 0.2) is 5.65 Å². The van der Waals surface area contributed by atoms with Crippen LogP contribution < -0.4 is 0 Å². The van der Waals surface area contributed by atoms with E-state index >= 15 is 0 Å². The summed E-state index contributed by atoms with van der Waals surface area (Å²) < 4.78 is 1.78. The quantitative estimate of drug-likeness (QED) is 0.629. The second-order valence-corrected chi connectivity index (χ2v) is 5.80. The first-order chi connectivity index (χ1) is 10.0. The second kappa shape index (κ2) is 5.11. The van der Waals surface area contributed by atoms with Gasteiger partial charge in [-0.25, -0.2) is 9.97 Å². The highest BCUT2D eigenvalue weighted by Crippen LogP contribution is 2.31. The number of hydrogen-bond donors (Lipinski definition) is 0. The Morgan fingerprint density at radius 1 is 1.43 bits per heavy atom. The number of carbonyl (C=O) groups excluding carboxylic acids is 2. The van der Waals surface area contributed by atoms with Crippen molar-refractivity contribution < 1.29 is 9.59 Å². The third-order valence-corrected chi connectivity index (χ3v) is 3.96. The number of imide groups is 1. The van der Waals surface area contributed by atoms with Crippen molar-refractivity contribution in [2.75, 3.05) is 7.05 Å². The number of likely N-dealkylation sites (N-methyl/N-ethyl adjacent to an activating group) is 1. The van der Waals surface area contributed by atoms with E-state index < -0.39 is 6.04 Å². The normalized spacial score (nSPS) is 21.1. The van der Waals surface area contributed by atoms with Gasteiger partial charge < -0.3 is 0 Å². The average molecular weight is 307 g/mol. The number of nitrogens with zero attached hydrogens (tertiary/aromatic N) is 4. The lowest BCUT2D eigenvalue weighted by atomic mass is 10.0. The van der Waals surface area contributed by atoms with Crippen LogP contribution in [0.4, 0.5) is 0 Å². The Balaban J connectivity index is 2.17. The van der Waals surface area contributed by atoms with Gasteiger partial charge in [0, 0.05) is 19.7 Å². The highest BCUT2D eigenvalue weighted by Gasteiger charge is 2.35. The molecule has 1 aliphatic rings. The van der Waals surface area contributed by atoms with Crippen LogP contribution in [0.2, 0.25) is 0 Å². The SMILES string of the molecule is CC(Cl)c1nc2cccnc2n1C1CCC(=O)N(C)C1=O. The maximum Gasteiger partial charge on any atom is 0.252 e. The maximum absolute atomic E-state index is 12.4. The topological polar surface area (TPSA) is 68.1 Å². The molecular weight excluding hydrogens is 292 g/mol. The van der Waals surface area contributed by atoms with Crippen LogP contribution in [-0.4, -0.2) is 38.3 Å². The fourth-order valence-electron chi connectivity index (χ4n) is 2.67. The smallest absolute Gasteiger partial charge is 0.252 e. The molecule has 1 fully saturated rings. The molecule has 1 aliphatic heterocycles. The number of piperidine rings is 1. The van der Waals surface area contributed by atoms with Crippen molar-refractivity contribution in [1.82, 2.24) is 19.4 Å². The lowest BCUT2D eigenvalue weighted by molar-refractivity contribution is -0.149. The van der Waals surface area contributed by atoms with Crippen molar-refractivity contribution in [1.29, 1.82) is 0 Å². The molecule has 21 heavy (non-hydrogen) atoms. The van der Waals surface area contributed by atoms with E-state index in [9.17, 15) is 9.59 Å². The molecule has 0 radical (unpaired) electrons. The molecule has 6 nitrogen and oxygen atoms in total. The molecule has 0 bridgehead atoms. The zero-order chi connectivity index (χ0) is 15.1. The Morgan fingerprint density at radius 3 is 2.90 bits per heavy atom. The number of likely N-dealkylation sites (tertiary alicyclic amines) is 1. The first-order valence-corrected chi connectivity index (χ1v) is 7.21. The molecule has 2 unspecified atom stereocenters. The molecule has 2 amide bonds. The molecule has 2 aromatic rings. The van der Waals surface area contributed by atoms with Gasteiger partial charge in [-0.05, 0) is 25.5 Å². The van der Waals surface area contributed by atoms with Crippen LogP contribution in [0.1, 0.15) is 37.0 Å². The Bertz CT molecular complexity index is 725. The van der Waals surface area contributed by atoms with Gasteiger partial charge in [-0.2, -0.15) is 0 Å². The average Bonchev–Trinajstić information content (AvgIpc) is 2.85. The van der Waals surface area contributed by atoms with Gasteiger partial charge in [-0.3, -0.25) is 19.1 Å². The monoisotopic (exact) mass is 306 g/mol. The summed E-state index contributed by atoms with van der Waals surface area (Å²) in [4.78, 5) is 34.1. The molecular formula is C14H15ClN4O2. The van der Waals surface area contributed by atoms with E-state index in [0.29, 0.717) is 29.8 Å². The number of aromatic nitrogens is 3. The zero-order valence-electron chi connectivity index (χ0n) is 11.8. The van der Waals surface area contributed by atoms with Crippen LogP contribution >= 0.6 is 11.6 Å². The number of imidazole rings is 1. The third kappa shape index (κ3) is 2.19. The number of alkyl halides is 1. The van der Waals surface area contributed by atoms with Crippen molar-refractivity contribution in [3.63, 3.8) is 0 Å². The van der Waals surface area contributed by atoms with Gasteiger partial charge in [0.1, 0.15) is 17.4 Å². The second-order valence-electron chi connectivity index (χ2n) is 5.15. The fourth-order valence-corrected chi connectivity index (χ4v) is 2.83. The number of pyridine rings is 1. The summed E-state index contributed by atoms with van der Waals surface area (Å²) in [5.74, 6) is 0.204. The van der Waals surface area contributed by atoms with Gasteiger partial charge >= 0.3 is 0 Å². The number of amides is 2. The van der Waals surface area contributed by atoms with Crippen molar-refractivity contribution in [3.05, 3.63) is 24.2 Å². The molecule has 0 aromatic carbocycles. The standard InChI is InChI=1S/C14H15ClN4O2/c1-8(15)12-17-9-4-3-7-16-13(9)19(12)10-5-6-11(20)18(2)14(10)21/h3-4,7-8,10H,5-6H2,1-2H3. The Hall–Kier alpha value is -1.95. The molecule has 1 saturated heterocycles. The number of carbonyl (C=O) groups is 2. The predicted molar refractivity (Wildman–Crippen MR) is 77.8 cm³/mol. The first kappa shape index (κ1) is 14.0. The van der Waals surface area contributed by atoms with Crippen molar-refractivity contribution in [2.24, 2.45) is 0 Å². The fraction of sp³-hybridized carbons (Fsp3) is 0.429. The summed E-state index contributed by atoms with van der Waals surface area (Å²) in [5, 5.41) is -0.352. The van der Waals surface area contributed by atoms with Gasteiger partial charge in [-0.15, -0.1) is 11.6 Å². The molecule has 2 aromatic heterocycles. The van der Waals surface area contributed by atoms with Crippen molar-refractivity contribution in [3.8, 4) is 0 Å². The molecule has 7 heteroatoms. The number of fused-ring (bicyclic) bond motifs is 1. The van der Waals surface area contributed by atoms with Crippen LogP contribution in [0, 0.1) is 0 Å². The first-order valence-electron chi connectivity index (χ1n) is 6.78. The van der Waals surface area contributed by atoms with Gasteiger partial charge in [0.25, 0.3) is 5.91 Å². The van der Waals surface area contributed by atoms with E-state index in [1.54, 1.807) is 23.8 Å². The molecule has 0 N–H and O–H groups in total. The lowest BCUT2D eigenvalue weighted by Crippen LogP contribution is -2.43. The van der Waals surface area contributed by atoms with Crippen molar-refractivity contribution in [2.45, 2.75) is 31.2 Å². The summed E-state index contributed by atoms with van der Waals surface area (Å²) in [6.45, 7) is 1.81. The summed E-state index contributed by atoms with van der Waals surface area (Å²) in [5.41, 5.74) is 1.33. The largest absolute Gasteiger partial charge is 0.299 e. The Labute approximate surface area is 126 Å². The highest BCUT2D eigenvalue weighted by atomic mass is 35.5. The molecule has 110 valence electrons. The van der Waals surface area contributed by atoms with Crippen molar-refractivity contribution >= 4 is 34.6 Å². The van der Waals surface area contributed by atoms with E-state index in [0.717, 1.165) is 0 Å². The minimum atomic E-state index is -0.483. The van der Waals surface area contributed by atoms with E-state index in [1.165, 1.54) is 11.9 Å². The van der Waals surface area contributed by atoms with Gasteiger partial charge in [0.2, 0.25) is 5.91 Å². The van der Waals surface area contributed by atoms with Crippen LogP contribution in [0.15, 0.2) is 18.3 Å². The van der Waals surface area contributed by atoms with E-state index in [-0.39, 0.29) is 17.2 Å². The van der Waals surface area contributed by atoms with Gasteiger partial charge in [0.05, 0.1) is 5.38 Å². The molecule has 0 spiro atoms. The summed E-state index contributed by atoms with van der Waals surface area (Å²) in [6.07, 6.45) is 2.43. The van der Waals surface area contributed by atoms with E-state index in [4.69, 9.17) is 11.6 Å². The maximum atomic E-state index is 12.4. The summed E-state index contributed by atoms with van der Waals surface area (Å²) >= 11 is 6.21. The Morgan fingerprint density at radius 2 is 2.19 bits per heavy atom. The molecule has 3 rings (SSSR count). The minimum Gasteiger partial charge on any atom is -0.299 e. The van der Waals surface area contributed by atoms with Crippen LogP contribution in [0.3, 0.4) is 0 Å². The number of halogens is 1. The van der Waals surface area contributed by atoms with E-state index in [2.05, 4.69) is 9.97 Å². The minimum absolute atomic E-state index is 0.158. The molecule has 0 saturated carbocycles. The van der Waals surface area contributed by atoms with Crippen LogP contribution in [-0.2, 0) is 9.59 Å².